The van der Waals surface area contributed by atoms with E-state index in [4.69, 9.17) is 23.2 Å². The summed E-state index contributed by atoms with van der Waals surface area (Å²) in [6.07, 6.45) is 0. The fourth-order valence-corrected chi connectivity index (χ4v) is 2.13. The van der Waals surface area contributed by atoms with Crippen LogP contribution in [-0.2, 0) is 5.88 Å². The molecule has 2 rings (SSSR count). The second-order valence-corrected chi connectivity index (χ2v) is 3.49. The molecule has 0 N–H and O–H groups in total. The van der Waals surface area contributed by atoms with Crippen molar-refractivity contribution in [1.29, 1.82) is 0 Å². The largest absolute Gasteiger partial charge is 0.173 e. The van der Waals surface area contributed by atoms with Gasteiger partial charge in [-0.3, -0.25) is 0 Å². The summed E-state index contributed by atoms with van der Waals surface area (Å²) in [5.41, 5.74) is 2.55. The van der Waals surface area contributed by atoms with E-state index in [1.807, 2.05) is 6.07 Å². The fraction of sp³-hybridized carbons (Fsp3) is 0.143. The van der Waals surface area contributed by atoms with E-state index in [-0.39, 0.29) is 0 Å². The van der Waals surface area contributed by atoms with Crippen LogP contribution in [0.3, 0.4) is 0 Å². The van der Waals surface area contributed by atoms with Gasteiger partial charge in [0.15, 0.2) is 0 Å². The number of hydrogen-bond donors (Lipinski definition) is 0. The second-order valence-electron chi connectivity index (χ2n) is 2.29. The maximum Gasteiger partial charge on any atom is 0.110 e. The van der Waals surface area contributed by atoms with Crippen LogP contribution in [0.4, 0.5) is 0 Å². The van der Waals surface area contributed by atoms with Crippen molar-refractivity contribution in [2.24, 2.45) is 0 Å². The minimum Gasteiger partial charge on any atom is -0.173 e. The molecule has 0 saturated heterocycles. The van der Waals surface area contributed by atoms with E-state index in [1.54, 1.807) is 6.07 Å². The molecule has 1 aromatic carbocycles. The van der Waals surface area contributed by atoms with Crippen molar-refractivity contribution in [2.75, 3.05) is 0 Å². The number of alkyl halides is 1. The van der Waals surface area contributed by atoms with Crippen molar-refractivity contribution in [3.8, 4) is 0 Å². The van der Waals surface area contributed by atoms with Crippen LogP contribution in [-0.4, -0.2) is 8.75 Å². The molecule has 2 aromatic rings. The van der Waals surface area contributed by atoms with Gasteiger partial charge in [0, 0.05) is 10.6 Å². The molecule has 0 amide bonds. The Labute approximate surface area is 83.4 Å². The zero-order valence-corrected chi connectivity index (χ0v) is 8.25. The summed E-state index contributed by atoms with van der Waals surface area (Å²) >= 11 is 12.8. The Hall–Kier alpha value is -0.380. The highest BCUT2D eigenvalue weighted by molar-refractivity contribution is 7.00. The third-order valence-electron chi connectivity index (χ3n) is 1.61. The number of benzene rings is 1. The Bertz CT molecular complexity index is 413. The molecule has 0 aliphatic carbocycles. The standard InChI is InChI=1S/C7H4Cl2N2S/c8-3-4-5(9)1-2-6-7(4)11-12-10-6/h1-2H,3H2. The Morgan fingerprint density at radius 3 is 2.92 bits per heavy atom. The predicted octanol–water partition coefficient (Wildman–Crippen LogP) is 3.08. The van der Waals surface area contributed by atoms with Crippen molar-refractivity contribution in [3.05, 3.63) is 22.7 Å². The Morgan fingerprint density at radius 1 is 1.33 bits per heavy atom. The monoisotopic (exact) mass is 218 g/mol. The molecule has 0 fully saturated rings. The van der Waals surface area contributed by atoms with Crippen LogP contribution in [0.2, 0.25) is 5.02 Å². The number of hydrogen-bond acceptors (Lipinski definition) is 3. The summed E-state index contributed by atoms with van der Waals surface area (Å²) in [5, 5.41) is 0.658. The van der Waals surface area contributed by atoms with Crippen molar-refractivity contribution in [3.63, 3.8) is 0 Å². The highest BCUT2D eigenvalue weighted by Gasteiger charge is 2.07. The molecule has 62 valence electrons. The van der Waals surface area contributed by atoms with Gasteiger partial charge in [-0.2, -0.15) is 8.75 Å². The lowest BCUT2D eigenvalue weighted by Crippen LogP contribution is -1.82. The van der Waals surface area contributed by atoms with Crippen LogP contribution >= 0.6 is 34.9 Å². The first-order valence-electron chi connectivity index (χ1n) is 3.28. The topological polar surface area (TPSA) is 25.8 Å². The zero-order valence-electron chi connectivity index (χ0n) is 5.92. The Kier molecular flexibility index (Phi) is 2.17. The number of nitrogens with zero attached hydrogens (tertiary/aromatic N) is 2. The third kappa shape index (κ3) is 1.18. The van der Waals surface area contributed by atoms with Crippen LogP contribution in [0, 0.1) is 0 Å². The first-order chi connectivity index (χ1) is 5.83. The van der Waals surface area contributed by atoms with Gasteiger partial charge in [0.25, 0.3) is 0 Å². The van der Waals surface area contributed by atoms with E-state index in [0.29, 0.717) is 10.9 Å². The van der Waals surface area contributed by atoms with Crippen molar-refractivity contribution < 1.29 is 0 Å². The molecule has 1 aromatic heterocycles. The first-order valence-corrected chi connectivity index (χ1v) is 4.93. The molecular formula is C7H4Cl2N2S. The van der Waals surface area contributed by atoms with Crippen LogP contribution in [0.5, 0.6) is 0 Å². The van der Waals surface area contributed by atoms with Gasteiger partial charge in [-0.15, -0.1) is 11.6 Å². The minimum atomic E-state index is 0.377. The van der Waals surface area contributed by atoms with Gasteiger partial charge in [0.05, 0.1) is 17.6 Å². The molecule has 0 bridgehead atoms. The van der Waals surface area contributed by atoms with Gasteiger partial charge >= 0.3 is 0 Å². The van der Waals surface area contributed by atoms with Crippen LogP contribution in [0.25, 0.3) is 11.0 Å². The average Bonchev–Trinajstić information content (AvgIpc) is 2.52. The fourth-order valence-electron chi connectivity index (χ4n) is 1.01. The third-order valence-corrected chi connectivity index (χ3v) is 2.77. The summed E-state index contributed by atoms with van der Waals surface area (Å²) in [6, 6.07) is 3.64. The molecule has 5 heteroatoms. The first kappa shape index (κ1) is 8.23. The smallest absolute Gasteiger partial charge is 0.110 e. The SMILES string of the molecule is ClCc1c(Cl)ccc2nsnc12. The Morgan fingerprint density at radius 2 is 2.17 bits per heavy atom. The van der Waals surface area contributed by atoms with E-state index in [0.717, 1.165) is 16.6 Å². The molecule has 0 atom stereocenters. The maximum atomic E-state index is 5.91. The van der Waals surface area contributed by atoms with Crippen LogP contribution in [0.15, 0.2) is 12.1 Å². The molecule has 0 spiro atoms. The van der Waals surface area contributed by atoms with Crippen molar-refractivity contribution in [1.82, 2.24) is 8.75 Å². The lowest BCUT2D eigenvalue weighted by Gasteiger charge is -1.98. The van der Waals surface area contributed by atoms with E-state index < -0.39 is 0 Å². The minimum absolute atomic E-state index is 0.377. The molecule has 0 radical (unpaired) electrons. The normalized spacial score (nSPS) is 10.8. The Balaban J connectivity index is 2.83. The van der Waals surface area contributed by atoms with E-state index in [1.165, 1.54) is 11.7 Å². The molecule has 0 saturated carbocycles. The van der Waals surface area contributed by atoms with E-state index >= 15 is 0 Å². The summed E-state index contributed by atoms with van der Waals surface area (Å²) in [4.78, 5) is 0. The highest BCUT2D eigenvalue weighted by Crippen LogP contribution is 2.25. The van der Waals surface area contributed by atoms with Crippen molar-refractivity contribution in [2.45, 2.75) is 5.88 Å². The van der Waals surface area contributed by atoms with Gasteiger partial charge in [0.1, 0.15) is 11.0 Å². The number of rotatable bonds is 1. The van der Waals surface area contributed by atoms with Crippen LogP contribution < -0.4 is 0 Å². The van der Waals surface area contributed by atoms with E-state index in [9.17, 15) is 0 Å². The molecule has 0 unspecified atom stereocenters. The van der Waals surface area contributed by atoms with Gasteiger partial charge < -0.3 is 0 Å². The molecule has 0 aliphatic rings. The van der Waals surface area contributed by atoms with Gasteiger partial charge in [0.2, 0.25) is 0 Å². The number of fused-ring (bicyclic) bond motifs is 1. The average molecular weight is 219 g/mol. The lowest BCUT2D eigenvalue weighted by molar-refractivity contribution is 1.42. The van der Waals surface area contributed by atoms with Crippen LogP contribution in [0.1, 0.15) is 5.56 Å². The zero-order chi connectivity index (χ0) is 8.55. The quantitative estimate of drug-likeness (QED) is 0.688. The van der Waals surface area contributed by atoms with Crippen molar-refractivity contribution >= 4 is 46.0 Å². The van der Waals surface area contributed by atoms with E-state index in [2.05, 4.69) is 8.75 Å². The number of halogens is 2. The number of aromatic nitrogens is 2. The summed E-state index contributed by atoms with van der Waals surface area (Å²) in [6.45, 7) is 0. The summed E-state index contributed by atoms with van der Waals surface area (Å²) in [7, 11) is 0. The molecule has 2 nitrogen and oxygen atoms in total. The second kappa shape index (κ2) is 3.17. The molecule has 0 aliphatic heterocycles. The van der Waals surface area contributed by atoms with Gasteiger partial charge in [-0.25, -0.2) is 0 Å². The van der Waals surface area contributed by atoms with Gasteiger partial charge in [-0.05, 0) is 12.1 Å². The predicted molar refractivity (Wildman–Crippen MR) is 52.0 cm³/mol. The molecule has 12 heavy (non-hydrogen) atoms. The molecule has 1 heterocycles. The van der Waals surface area contributed by atoms with Gasteiger partial charge in [-0.1, -0.05) is 11.6 Å². The molecular weight excluding hydrogens is 215 g/mol. The summed E-state index contributed by atoms with van der Waals surface area (Å²) < 4.78 is 8.19. The lowest BCUT2D eigenvalue weighted by atomic mass is 10.2. The highest BCUT2D eigenvalue weighted by atomic mass is 35.5. The maximum absolute atomic E-state index is 5.91. The summed E-state index contributed by atoms with van der Waals surface area (Å²) in [5.74, 6) is 0.377.